The van der Waals surface area contributed by atoms with Crippen molar-refractivity contribution in [1.82, 2.24) is 10.2 Å². The zero-order chi connectivity index (χ0) is 21.8. The smallest absolute Gasteiger partial charge is 0.349 e. The lowest BCUT2D eigenvalue weighted by Crippen LogP contribution is -2.63. The molecule has 1 unspecified atom stereocenters. The fourth-order valence-electron chi connectivity index (χ4n) is 3.38. The van der Waals surface area contributed by atoms with E-state index in [2.05, 4.69) is 5.32 Å². The van der Waals surface area contributed by atoms with E-state index in [1.165, 1.54) is 23.7 Å². The quantitative estimate of drug-likeness (QED) is 0.673. The molecule has 0 bridgehead atoms. The van der Waals surface area contributed by atoms with Gasteiger partial charge >= 0.3 is 6.18 Å². The van der Waals surface area contributed by atoms with Crippen LogP contribution in [0.1, 0.15) is 43.4 Å². The van der Waals surface area contributed by atoms with Gasteiger partial charge in [-0.2, -0.15) is 13.2 Å². The predicted octanol–water partition coefficient (Wildman–Crippen LogP) is 4.81. The maximum Gasteiger partial charge on any atom is 0.416 e. The molecule has 1 saturated heterocycles. The number of rotatable bonds is 3. The fraction of sp³-hybridized carbons (Fsp3) is 0.474. The van der Waals surface area contributed by atoms with Crippen LogP contribution in [-0.4, -0.2) is 34.6 Å². The Morgan fingerprint density at radius 1 is 1.21 bits per heavy atom. The molecule has 0 spiro atoms. The maximum absolute atomic E-state index is 13.8. The van der Waals surface area contributed by atoms with Gasteiger partial charge in [0, 0.05) is 29.7 Å². The van der Waals surface area contributed by atoms with Crippen molar-refractivity contribution in [2.24, 2.45) is 0 Å². The summed E-state index contributed by atoms with van der Waals surface area (Å²) in [5, 5.41) is 10.7. The summed E-state index contributed by atoms with van der Waals surface area (Å²) in [6, 6.07) is 2.42. The largest absolute Gasteiger partial charge is 0.416 e. The Morgan fingerprint density at radius 3 is 2.38 bits per heavy atom. The van der Waals surface area contributed by atoms with E-state index >= 15 is 0 Å². The number of guanidine groups is 1. The number of allylic oxidation sites excluding steroid dienone is 1. The maximum atomic E-state index is 13.8. The first-order valence-corrected chi connectivity index (χ1v) is 9.70. The number of halogens is 5. The Hall–Kier alpha value is -2.10. The Kier molecular flexibility index (Phi) is 5.21. The summed E-state index contributed by atoms with van der Waals surface area (Å²) in [6.45, 7) is 2.34. The monoisotopic (exact) mass is 433 g/mol. The molecule has 3 rings (SSSR count). The third-order valence-corrected chi connectivity index (χ3v) is 6.83. The first kappa shape index (κ1) is 21.6. The molecule has 1 fully saturated rings. The molecule has 4 nitrogen and oxygen atoms in total. The van der Waals surface area contributed by atoms with Crippen LogP contribution in [-0.2, 0) is 16.9 Å². The summed E-state index contributed by atoms with van der Waals surface area (Å²) in [7, 11) is 1.48. The number of benzene rings is 1. The van der Waals surface area contributed by atoms with Crippen molar-refractivity contribution < 1.29 is 26.7 Å². The Bertz CT molecular complexity index is 841. The van der Waals surface area contributed by atoms with Gasteiger partial charge in [0.1, 0.15) is 0 Å². The van der Waals surface area contributed by atoms with E-state index in [1.54, 1.807) is 13.0 Å². The summed E-state index contributed by atoms with van der Waals surface area (Å²) in [5.41, 5.74) is -2.53. The number of amides is 1. The highest BCUT2D eigenvalue weighted by atomic mass is 32.2. The molecular formula is C19H20F5N3OS. The van der Waals surface area contributed by atoms with Crippen LogP contribution < -0.4 is 5.32 Å². The highest BCUT2D eigenvalue weighted by molar-refractivity contribution is 8.09. The average Bonchev–Trinajstić information content (AvgIpc) is 3.09. The number of carbonyl (C=O) groups excluding carboxylic acids is 1. The van der Waals surface area contributed by atoms with E-state index in [9.17, 15) is 26.7 Å². The van der Waals surface area contributed by atoms with Crippen LogP contribution in [0.15, 0.2) is 24.3 Å². The lowest BCUT2D eigenvalue weighted by atomic mass is 9.89. The van der Waals surface area contributed by atoms with Crippen molar-refractivity contribution in [3.8, 4) is 0 Å². The molecule has 1 aromatic rings. The van der Waals surface area contributed by atoms with Crippen molar-refractivity contribution in [2.75, 3.05) is 7.05 Å². The van der Waals surface area contributed by atoms with Gasteiger partial charge in [-0.05, 0) is 37.1 Å². The molecule has 2 atom stereocenters. The second-order valence-corrected chi connectivity index (χ2v) is 8.86. The second kappa shape index (κ2) is 7.00. The van der Waals surface area contributed by atoms with Crippen molar-refractivity contribution in [3.05, 3.63) is 41.0 Å². The Morgan fingerprint density at radius 2 is 1.83 bits per heavy atom. The van der Waals surface area contributed by atoms with E-state index in [-0.39, 0.29) is 29.1 Å². The number of hydrogen-bond donors (Lipinski definition) is 2. The van der Waals surface area contributed by atoms with Gasteiger partial charge in [0.25, 0.3) is 5.92 Å². The molecule has 0 saturated carbocycles. The third-order valence-electron chi connectivity index (χ3n) is 5.18. The summed E-state index contributed by atoms with van der Waals surface area (Å²) >= 11 is 1.23. The van der Waals surface area contributed by atoms with E-state index in [0.717, 1.165) is 12.1 Å². The van der Waals surface area contributed by atoms with Crippen molar-refractivity contribution in [3.63, 3.8) is 0 Å². The van der Waals surface area contributed by atoms with Gasteiger partial charge in [0.05, 0.1) is 17.5 Å². The lowest BCUT2D eigenvalue weighted by Gasteiger charge is -2.42. The molecule has 1 aromatic carbocycles. The van der Waals surface area contributed by atoms with Crippen molar-refractivity contribution >= 4 is 28.5 Å². The molecule has 0 radical (unpaired) electrons. The van der Waals surface area contributed by atoms with Crippen LogP contribution in [0.5, 0.6) is 0 Å². The number of hydrogen-bond acceptors (Lipinski definition) is 3. The minimum atomic E-state index is -4.75. The van der Waals surface area contributed by atoms with Gasteiger partial charge in [-0.15, -0.1) is 11.8 Å². The van der Waals surface area contributed by atoms with Crippen LogP contribution in [0.2, 0.25) is 0 Å². The lowest BCUT2D eigenvalue weighted by molar-refractivity contribution is -0.137. The molecule has 2 heterocycles. The SMILES string of the molecule is CN1C(=N)N[C@](C)(C2CC=C(c3cc(C(C)(F)F)cc(C(F)(F)F)c3)S2)CC1=O. The summed E-state index contributed by atoms with van der Waals surface area (Å²) < 4.78 is 67.2. The van der Waals surface area contributed by atoms with Gasteiger partial charge < -0.3 is 5.32 Å². The van der Waals surface area contributed by atoms with E-state index in [4.69, 9.17) is 5.41 Å². The summed E-state index contributed by atoms with van der Waals surface area (Å²) in [4.78, 5) is 13.8. The molecule has 2 aliphatic rings. The molecule has 29 heavy (non-hydrogen) atoms. The predicted molar refractivity (Wildman–Crippen MR) is 102 cm³/mol. The van der Waals surface area contributed by atoms with Gasteiger partial charge in [-0.3, -0.25) is 15.1 Å². The molecule has 2 aliphatic heterocycles. The number of carbonyl (C=O) groups is 1. The van der Waals surface area contributed by atoms with E-state index in [1.807, 2.05) is 0 Å². The molecule has 10 heteroatoms. The van der Waals surface area contributed by atoms with Crippen LogP contribution in [0.25, 0.3) is 4.91 Å². The van der Waals surface area contributed by atoms with E-state index < -0.39 is 28.8 Å². The molecular weight excluding hydrogens is 413 g/mol. The van der Waals surface area contributed by atoms with Crippen molar-refractivity contribution in [1.29, 1.82) is 5.41 Å². The average molecular weight is 433 g/mol. The van der Waals surface area contributed by atoms with Crippen molar-refractivity contribution in [2.45, 2.75) is 49.6 Å². The van der Waals surface area contributed by atoms with Gasteiger partial charge in [0.2, 0.25) is 5.91 Å². The highest BCUT2D eigenvalue weighted by Crippen LogP contribution is 2.47. The van der Waals surface area contributed by atoms with E-state index in [0.29, 0.717) is 24.3 Å². The van der Waals surface area contributed by atoms with Crippen LogP contribution in [0.4, 0.5) is 22.0 Å². The second-order valence-electron chi connectivity index (χ2n) is 7.62. The Balaban J connectivity index is 1.90. The van der Waals surface area contributed by atoms with Crippen LogP contribution in [0, 0.1) is 5.41 Å². The highest BCUT2D eigenvalue weighted by Gasteiger charge is 2.44. The number of nitrogens with one attached hydrogen (secondary N) is 2. The first-order chi connectivity index (χ1) is 13.2. The molecule has 2 N–H and O–H groups in total. The van der Waals surface area contributed by atoms with Gasteiger partial charge in [0.15, 0.2) is 5.96 Å². The number of alkyl halides is 5. The normalized spacial score (nSPS) is 25.9. The Labute approximate surface area is 169 Å². The molecule has 1 amide bonds. The fourth-order valence-corrected chi connectivity index (χ4v) is 4.72. The standard InChI is InChI=1S/C19H20F5N3OS/c1-17(9-15(28)27(3)16(25)26-17)14-5-4-13(29-14)10-6-11(18(2,20)21)8-12(7-10)19(22,23)24/h4,6-8,14H,5,9H2,1-3H3,(H2,25,26)/t14?,17-/m0/s1. The summed E-state index contributed by atoms with van der Waals surface area (Å²) in [6.07, 6.45) is -2.50. The molecule has 158 valence electrons. The first-order valence-electron chi connectivity index (χ1n) is 8.82. The van der Waals surface area contributed by atoms with Gasteiger partial charge in [-0.25, -0.2) is 8.78 Å². The number of thioether (sulfide) groups is 1. The third kappa shape index (κ3) is 4.26. The van der Waals surface area contributed by atoms with Gasteiger partial charge in [-0.1, -0.05) is 6.08 Å². The number of nitrogens with zero attached hydrogens (tertiary/aromatic N) is 1. The minimum Gasteiger partial charge on any atom is -0.349 e. The zero-order valence-corrected chi connectivity index (χ0v) is 16.8. The molecule has 0 aromatic heterocycles. The zero-order valence-electron chi connectivity index (χ0n) is 16.0. The van der Waals surface area contributed by atoms with Crippen LogP contribution in [0.3, 0.4) is 0 Å². The van der Waals surface area contributed by atoms with Crippen LogP contribution >= 0.6 is 11.8 Å². The minimum absolute atomic E-state index is 0.0511. The molecule has 0 aliphatic carbocycles. The topological polar surface area (TPSA) is 56.2 Å². The summed E-state index contributed by atoms with van der Waals surface area (Å²) in [5.74, 6) is -3.70.